The summed E-state index contributed by atoms with van der Waals surface area (Å²) in [6.45, 7) is -1.87. The van der Waals surface area contributed by atoms with Crippen LogP contribution in [0.3, 0.4) is 0 Å². The topological polar surface area (TPSA) is 32.3 Å². The Kier molecular flexibility index (Phi) is 5.37. The normalized spacial score (nSPS) is 25.8. The number of nitrogens with zero attached hydrogens (tertiary/aromatic N) is 1. The second-order valence-corrected chi connectivity index (χ2v) is 5.89. The number of carbonyl (C=O) groups excluding carboxylic acids is 1. The van der Waals surface area contributed by atoms with E-state index in [0.717, 1.165) is 0 Å². The fourth-order valence-corrected chi connectivity index (χ4v) is 3.33. The van der Waals surface area contributed by atoms with Crippen LogP contribution in [-0.2, 0) is 4.79 Å². The number of hydrogen-bond acceptors (Lipinski definition) is 3. The predicted molar refractivity (Wildman–Crippen MR) is 67.2 cm³/mol. The van der Waals surface area contributed by atoms with Gasteiger partial charge in [0.25, 0.3) is 0 Å². The summed E-state index contributed by atoms with van der Waals surface area (Å²) < 4.78 is 77.1. The zero-order valence-electron chi connectivity index (χ0n) is 10.6. The number of likely N-dealkylation sites (tertiary alicyclic amines) is 1. The summed E-state index contributed by atoms with van der Waals surface area (Å²) in [6, 6.07) is -0.697. The fourth-order valence-electron chi connectivity index (χ4n) is 2.40. The van der Waals surface area contributed by atoms with Crippen LogP contribution in [-0.4, -0.2) is 53.9 Å². The zero-order valence-corrected chi connectivity index (χ0v) is 12.2. The van der Waals surface area contributed by atoms with Gasteiger partial charge in [-0.05, 0) is 6.42 Å². The number of hydrogen-bond donors (Lipinski definition) is 1. The average Bonchev–Trinajstić information content (AvgIpc) is 2.96. The molecule has 0 saturated carbocycles. The molecule has 2 fully saturated rings. The van der Waals surface area contributed by atoms with Crippen LogP contribution < -0.4 is 5.32 Å². The van der Waals surface area contributed by atoms with Gasteiger partial charge in [0.05, 0.1) is 6.04 Å². The van der Waals surface area contributed by atoms with Crippen molar-refractivity contribution < 1.29 is 31.1 Å². The standard InChI is InChI=1S/C10H12F6N2OS.ClH/c11-9(12,13)8(10(14,15)16)1-2-18(4-8)7(19)6-3-20-5-17-6;/h6,17H,1-5H2;1H. The molecule has 1 unspecified atom stereocenters. The summed E-state index contributed by atoms with van der Waals surface area (Å²) in [4.78, 5) is 12.6. The Bertz CT molecular complexity index is 382. The highest BCUT2D eigenvalue weighted by atomic mass is 35.5. The average molecular weight is 359 g/mol. The number of carbonyl (C=O) groups is 1. The monoisotopic (exact) mass is 358 g/mol. The second-order valence-electron chi connectivity index (χ2n) is 4.86. The summed E-state index contributed by atoms with van der Waals surface area (Å²) in [6.07, 6.45) is -12.0. The minimum Gasteiger partial charge on any atom is -0.340 e. The van der Waals surface area contributed by atoms with Crippen molar-refractivity contribution in [3.05, 3.63) is 0 Å². The summed E-state index contributed by atoms with van der Waals surface area (Å²) in [7, 11) is 0. The Morgan fingerprint density at radius 1 is 1.19 bits per heavy atom. The summed E-state index contributed by atoms with van der Waals surface area (Å²) >= 11 is 1.38. The van der Waals surface area contributed by atoms with E-state index < -0.39 is 49.2 Å². The van der Waals surface area contributed by atoms with Gasteiger partial charge in [-0.3, -0.25) is 10.1 Å². The molecule has 0 aromatic rings. The number of rotatable bonds is 1. The molecule has 21 heavy (non-hydrogen) atoms. The van der Waals surface area contributed by atoms with Gasteiger partial charge in [-0.1, -0.05) is 0 Å². The molecule has 0 spiro atoms. The van der Waals surface area contributed by atoms with Crippen LogP contribution in [0.5, 0.6) is 0 Å². The molecule has 1 amide bonds. The van der Waals surface area contributed by atoms with E-state index in [2.05, 4.69) is 5.32 Å². The van der Waals surface area contributed by atoms with E-state index in [0.29, 0.717) is 16.5 Å². The SMILES string of the molecule is Cl.O=C(C1CSCN1)N1CCC(C(F)(F)F)(C(F)(F)F)C1. The first kappa shape index (κ1) is 18.7. The molecule has 0 aromatic heterocycles. The lowest BCUT2D eigenvalue weighted by Crippen LogP contribution is -2.53. The molecule has 2 aliphatic heterocycles. The van der Waals surface area contributed by atoms with Crippen LogP contribution in [0.25, 0.3) is 0 Å². The smallest absolute Gasteiger partial charge is 0.340 e. The number of alkyl halides is 6. The lowest BCUT2D eigenvalue weighted by Gasteiger charge is -2.33. The van der Waals surface area contributed by atoms with Crippen molar-refractivity contribution in [2.75, 3.05) is 24.7 Å². The van der Waals surface area contributed by atoms with Crippen LogP contribution in [0.2, 0.25) is 0 Å². The van der Waals surface area contributed by atoms with Crippen molar-refractivity contribution in [1.29, 1.82) is 0 Å². The molecular weight excluding hydrogens is 346 g/mol. The minimum absolute atomic E-state index is 0. The molecule has 2 saturated heterocycles. The highest BCUT2D eigenvalue weighted by molar-refractivity contribution is 7.99. The molecule has 2 aliphatic rings. The first-order valence-electron chi connectivity index (χ1n) is 5.82. The zero-order chi connectivity index (χ0) is 15.2. The fraction of sp³-hybridized carbons (Fsp3) is 0.900. The van der Waals surface area contributed by atoms with Crippen molar-refractivity contribution >= 4 is 30.1 Å². The van der Waals surface area contributed by atoms with E-state index in [-0.39, 0.29) is 12.4 Å². The first-order chi connectivity index (χ1) is 9.08. The maximum Gasteiger partial charge on any atom is 0.404 e. The Balaban J connectivity index is 0.00000220. The molecule has 0 aromatic carbocycles. The number of amides is 1. The van der Waals surface area contributed by atoms with Gasteiger partial charge < -0.3 is 4.90 Å². The second kappa shape index (κ2) is 6.04. The van der Waals surface area contributed by atoms with Gasteiger partial charge in [0.2, 0.25) is 5.91 Å². The van der Waals surface area contributed by atoms with E-state index in [4.69, 9.17) is 0 Å². The maximum absolute atomic E-state index is 12.8. The van der Waals surface area contributed by atoms with Crippen LogP contribution in [0.4, 0.5) is 26.3 Å². The molecule has 2 rings (SSSR count). The van der Waals surface area contributed by atoms with Crippen molar-refractivity contribution in [2.45, 2.75) is 24.8 Å². The molecule has 124 valence electrons. The molecule has 0 radical (unpaired) electrons. The molecule has 2 heterocycles. The minimum atomic E-state index is -5.42. The van der Waals surface area contributed by atoms with Crippen molar-refractivity contribution in [2.24, 2.45) is 5.41 Å². The first-order valence-corrected chi connectivity index (χ1v) is 6.97. The Labute approximate surface area is 127 Å². The lowest BCUT2D eigenvalue weighted by molar-refractivity contribution is -0.334. The van der Waals surface area contributed by atoms with Gasteiger partial charge in [0, 0.05) is 24.7 Å². The summed E-state index contributed by atoms with van der Waals surface area (Å²) in [5.41, 5.74) is -3.80. The van der Waals surface area contributed by atoms with Gasteiger partial charge in [-0.25, -0.2) is 0 Å². The van der Waals surface area contributed by atoms with Crippen LogP contribution in [0.15, 0.2) is 0 Å². The molecule has 3 nitrogen and oxygen atoms in total. The third-order valence-corrected chi connectivity index (χ3v) is 4.62. The van der Waals surface area contributed by atoms with Gasteiger partial charge in [0.15, 0.2) is 5.41 Å². The number of halogens is 7. The van der Waals surface area contributed by atoms with Gasteiger partial charge >= 0.3 is 12.4 Å². The summed E-state index contributed by atoms with van der Waals surface area (Å²) in [5.74, 6) is 0.138. The third-order valence-electron chi connectivity index (χ3n) is 3.68. The van der Waals surface area contributed by atoms with Crippen molar-refractivity contribution in [1.82, 2.24) is 10.2 Å². The molecule has 0 aliphatic carbocycles. The highest BCUT2D eigenvalue weighted by Gasteiger charge is 2.73. The van der Waals surface area contributed by atoms with Gasteiger partial charge in [0.1, 0.15) is 0 Å². The van der Waals surface area contributed by atoms with E-state index in [1.807, 2.05) is 0 Å². The van der Waals surface area contributed by atoms with E-state index in [1.54, 1.807) is 0 Å². The Morgan fingerprint density at radius 3 is 2.14 bits per heavy atom. The van der Waals surface area contributed by atoms with Crippen molar-refractivity contribution in [3.8, 4) is 0 Å². The molecule has 1 atom stereocenters. The van der Waals surface area contributed by atoms with Crippen LogP contribution in [0.1, 0.15) is 6.42 Å². The highest BCUT2D eigenvalue weighted by Crippen LogP contribution is 2.55. The van der Waals surface area contributed by atoms with E-state index in [9.17, 15) is 31.1 Å². The summed E-state index contributed by atoms with van der Waals surface area (Å²) in [5, 5.41) is 2.75. The number of thioether (sulfide) groups is 1. The van der Waals surface area contributed by atoms with Gasteiger partial charge in [-0.2, -0.15) is 26.3 Å². The predicted octanol–water partition coefficient (Wildman–Crippen LogP) is 2.41. The Hall–Kier alpha value is -0.350. The molecule has 1 N–H and O–H groups in total. The van der Waals surface area contributed by atoms with Crippen molar-refractivity contribution in [3.63, 3.8) is 0 Å². The lowest BCUT2D eigenvalue weighted by atomic mass is 9.85. The largest absolute Gasteiger partial charge is 0.404 e. The van der Waals surface area contributed by atoms with E-state index >= 15 is 0 Å². The molecule has 11 heteroatoms. The van der Waals surface area contributed by atoms with E-state index in [1.165, 1.54) is 11.8 Å². The van der Waals surface area contributed by atoms with Crippen LogP contribution in [0, 0.1) is 5.41 Å². The third kappa shape index (κ3) is 3.21. The molecule has 0 bridgehead atoms. The molecular formula is C10H13ClF6N2OS. The quantitative estimate of drug-likeness (QED) is 0.731. The maximum atomic E-state index is 12.8. The number of nitrogens with one attached hydrogen (secondary N) is 1. The Morgan fingerprint density at radius 2 is 1.76 bits per heavy atom. The van der Waals surface area contributed by atoms with Crippen LogP contribution >= 0.6 is 24.2 Å². The van der Waals surface area contributed by atoms with Gasteiger partial charge in [-0.15, -0.1) is 24.2 Å².